The van der Waals surface area contributed by atoms with E-state index in [1.54, 1.807) is 16.8 Å². The molecule has 1 amide bonds. The minimum Gasteiger partial charge on any atom is -0.336 e. The Balaban J connectivity index is 1.86. The smallest absolute Gasteiger partial charge is 0.276 e. The van der Waals surface area contributed by atoms with E-state index in [1.165, 1.54) is 0 Å². The fraction of sp³-hybridized carbons (Fsp3) is 0.421. The monoisotopic (exact) mass is 338 g/mol. The van der Waals surface area contributed by atoms with Crippen LogP contribution in [0.25, 0.3) is 0 Å². The highest BCUT2D eigenvalue weighted by Crippen LogP contribution is 2.37. The van der Waals surface area contributed by atoms with Gasteiger partial charge in [0.1, 0.15) is 22.9 Å². The van der Waals surface area contributed by atoms with Crippen molar-refractivity contribution in [3.8, 4) is 0 Å². The molecule has 2 aliphatic rings. The molecule has 2 N–H and O–H groups in total. The van der Waals surface area contributed by atoms with Gasteiger partial charge in [-0.25, -0.2) is 4.98 Å². The molecule has 1 aliphatic carbocycles. The topological polar surface area (TPSA) is 76.0 Å². The molecule has 2 aromatic rings. The third-order valence-corrected chi connectivity index (χ3v) is 5.32. The minimum atomic E-state index is -0.566. The van der Waals surface area contributed by atoms with Crippen LogP contribution in [0.3, 0.4) is 0 Å². The quantitative estimate of drug-likeness (QED) is 0.883. The van der Waals surface area contributed by atoms with Crippen LogP contribution in [-0.2, 0) is 5.66 Å². The van der Waals surface area contributed by atoms with E-state index in [1.807, 2.05) is 26.0 Å². The van der Waals surface area contributed by atoms with Crippen molar-refractivity contribution in [2.45, 2.75) is 51.6 Å². The predicted octanol–water partition coefficient (Wildman–Crippen LogP) is 2.96. The lowest BCUT2D eigenvalue weighted by molar-refractivity contribution is 0.0876. The van der Waals surface area contributed by atoms with Crippen molar-refractivity contribution in [1.29, 1.82) is 0 Å². The molecule has 6 heteroatoms. The van der Waals surface area contributed by atoms with Crippen LogP contribution < -0.4 is 16.2 Å². The number of aromatic nitrogens is 2. The molecule has 0 radical (unpaired) electrons. The summed E-state index contributed by atoms with van der Waals surface area (Å²) in [6.07, 6.45) is 6.48. The highest BCUT2D eigenvalue weighted by Gasteiger charge is 2.45. The molecule has 6 nitrogen and oxygen atoms in total. The van der Waals surface area contributed by atoms with Gasteiger partial charge < -0.3 is 10.6 Å². The number of nitrogens with zero attached hydrogens (tertiary/aromatic N) is 2. The maximum absolute atomic E-state index is 13.2. The summed E-state index contributed by atoms with van der Waals surface area (Å²) in [5, 5.41) is 6.26. The number of carbonyl (C=O) groups is 1. The van der Waals surface area contributed by atoms with Crippen molar-refractivity contribution >= 4 is 17.4 Å². The Morgan fingerprint density at radius 2 is 1.92 bits per heavy atom. The van der Waals surface area contributed by atoms with E-state index in [0.717, 1.165) is 43.2 Å². The largest absolute Gasteiger partial charge is 0.336 e. The van der Waals surface area contributed by atoms with Gasteiger partial charge in [0.25, 0.3) is 11.5 Å². The molecule has 1 spiro atoms. The van der Waals surface area contributed by atoms with Crippen molar-refractivity contribution < 1.29 is 4.79 Å². The molecule has 4 rings (SSSR count). The Hall–Kier alpha value is -2.63. The van der Waals surface area contributed by atoms with E-state index in [0.29, 0.717) is 17.2 Å². The molecule has 0 aromatic carbocycles. The van der Waals surface area contributed by atoms with Crippen molar-refractivity contribution in [1.82, 2.24) is 14.9 Å². The summed E-state index contributed by atoms with van der Waals surface area (Å²) < 4.78 is 1.70. The summed E-state index contributed by atoms with van der Waals surface area (Å²) in [6, 6.07) is 5.56. The lowest BCUT2D eigenvalue weighted by Crippen LogP contribution is -2.48. The average Bonchev–Trinajstić information content (AvgIpc) is 2.87. The number of nitrogens with one attached hydrogen (secondary N) is 2. The van der Waals surface area contributed by atoms with Gasteiger partial charge in [0.2, 0.25) is 0 Å². The second-order valence-electron chi connectivity index (χ2n) is 7.07. The van der Waals surface area contributed by atoms with Gasteiger partial charge in [0.05, 0.1) is 0 Å². The number of fused-ring (bicyclic) bond motifs is 2. The number of hydrogen-bond donors (Lipinski definition) is 2. The third kappa shape index (κ3) is 2.44. The Bertz CT molecular complexity index is 910. The fourth-order valence-corrected chi connectivity index (χ4v) is 4.08. The standard InChI is InChI=1S/C19H22N4O2/c1-12-7-6-10-20-16(12)21-14-11-13(2)15-17(24)22-19(23(15)18(14)25)8-4-3-5-9-19/h6-7,10-11H,3-5,8-9H2,1-2H3,(H,20,21)(H,22,24). The van der Waals surface area contributed by atoms with E-state index < -0.39 is 5.66 Å². The number of amides is 1. The van der Waals surface area contributed by atoms with Crippen molar-refractivity contribution in [2.75, 3.05) is 5.32 Å². The summed E-state index contributed by atoms with van der Waals surface area (Å²) in [7, 11) is 0. The Morgan fingerprint density at radius 3 is 2.64 bits per heavy atom. The fourth-order valence-electron chi connectivity index (χ4n) is 4.08. The van der Waals surface area contributed by atoms with E-state index in [2.05, 4.69) is 15.6 Å². The second kappa shape index (κ2) is 5.72. The molecule has 1 aliphatic heterocycles. The van der Waals surface area contributed by atoms with Crippen LogP contribution in [0, 0.1) is 13.8 Å². The third-order valence-electron chi connectivity index (χ3n) is 5.32. The minimum absolute atomic E-state index is 0.142. The van der Waals surface area contributed by atoms with E-state index >= 15 is 0 Å². The lowest BCUT2D eigenvalue weighted by Gasteiger charge is -2.35. The molecule has 1 fully saturated rings. The van der Waals surface area contributed by atoms with Crippen molar-refractivity contribution in [2.24, 2.45) is 0 Å². The van der Waals surface area contributed by atoms with Crippen LogP contribution in [-0.4, -0.2) is 15.5 Å². The van der Waals surface area contributed by atoms with Gasteiger partial charge in [-0.2, -0.15) is 0 Å². The van der Waals surface area contributed by atoms with Crippen molar-refractivity contribution in [3.63, 3.8) is 0 Å². The summed E-state index contributed by atoms with van der Waals surface area (Å²) in [4.78, 5) is 30.1. The lowest BCUT2D eigenvalue weighted by atomic mass is 9.89. The summed E-state index contributed by atoms with van der Waals surface area (Å²) in [5.74, 6) is 0.520. The number of hydrogen-bond acceptors (Lipinski definition) is 4. The zero-order valence-corrected chi connectivity index (χ0v) is 14.6. The second-order valence-corrected chi connectivity index (χ2v) is 7.07. The Kier molecular flexibility index (Phi) is 3.63. The molecule has 1 saturated carbocycles. The first-order valence-electron chi connectivity index (χ1n) is 8.80. The molecule has 2 aromatic heterocycles. The number of aryl methyl sites for hydroxylation is 2. The van der Waals surface area contributed by atoms with Crippen LogP contribution in [0.4, 0.5) is 11.5 Å². The zero-order valence-electron chi connectivity index (χ0n) is 14.6. The van der Waals surface area contributed by atoms with Gasteiger partial charge in [0, 0.05) is 6.20 Å². The number of rotatable bonds is 2. The zero-order chi connectivity index (χ0) is 17.6. The average molecular weight is 338 g/mol. The van der Waals surface area contributed by atoms with Crippen LogP contribution in [0.15, 0.2) is 29.2 Å². The summed E-state index contributed by atoms with van der Waals surface area (Å²) in [6.45, 7) is 3.82. The van der Waals surface area contributed by atoms with Crippen LogP contribution in [0.5, 0.6) is 0 Å². The molecule has 0 atom stereocenters. The molecular weight excluding hydrogens is 316 g/mol. The Labute approximate surface area is 146 Å². The van der Waals surface area contributed by atoms with Crippen LogP contribution in [0.2, 0.25) is 0 Å². The van der Waals surface area contributed by atoms with E-state index in [4.69, 9.17) is 0 Å². The molecule has 0 bridgehead atoms. The maximum atomic E-state index is 13.2. The number of carbonyl (C=O) groups excluding carboxylic acids is 1. The van der Waals surface area contributed by atoms with Crippen molar-refractivity contribution in [3.05, 3.63) is 51.6 Å². The first kappa shape index (κ1) is 15.9. The molecule has 3 heterocycles. The van der Waals surface area contributed by atoms with Crippen LogP contribution in [0.1, 0.15) is 53.7 Å². The van der Waals surface area contributed by atoms with E-state index in [9.17, 15) is 9.59 Å². The SMILES string of the molecule is Cc1cccnc1Nc1cc(C)c2n(c1=O)C1(CCCCC1)NC2=O. The summed E-state index contributed by atoms with van der Waals surface area (Å²) in [5.41, 5.74) is 2.00. The highest BCUT2D eigenvalue weighted by molar-refractivity contribution is 5.97. The normalized spacial score (nSPS) is 18.1. The molecule has 130 valence electrons. The highest BCUT2D eigenvalue weighted by atomic mass is 16.2. The number of pyridine rings is 2. The predicted molar refractivity (Wildman–Crippen MR) is 96.2 cm³/mol. The molecule has 25 heavy (non-hydrogen) atoms. The molecular formula is C19H22N4O2. The van der Waals surface area contributed by atoms with Crippen LogP contribution >= 0.6 is 0 Å². The van der Waals surface area contributed by atoms with Gasteiger partial charge in [-0.3, -0.25) is 14.2 Å². The van der Waals surface area contributed by atoms with Gasteiger partial charge in [-0.05, 0) is 62.8 Å². The Morgan fingerprint density at radius 1 is 1.16 bits per heavy atom. The first-order valence-corrected chi connectivity index (χ1v) is 8.80. The number of anilines is 2. The first-order chi connectivity index (χ1) is 12.0. The van der Waals surface area contributed by atoms with Gasteiger partial charge in [-0.15, -0.1) is 0 Å². The summed E-state index contributed by atoms with van der Waals surface area (Å²) >= 11 is 0. The van der Waals surface area contributed by atoms with Gasteiger partial charge in [0.15, 0.2) is 0 Å². The maximum Gasteiger partial charge on any atom is 0.276 e. The van der Waals surface area contributed by atoms with Gasteiger partial charge >= 0.3 is 0 Å². The molecule has 0 unspecified atom stereocenters. The molecule has 0 saturated heterocycles. The van der Waals surface area contributed by atoms with Gasteiger partial charge in [-0.1, -0.05) is 12.5 Å². The van der Waals surface area contributed by atoms with E-state index in [-0.39, 0.29) is 11.5 Å².